The minimum atomic E-state index is -4.06. The van der Waals surface area contributed by atoms with E-state index in [9.17, 15) is 20.2 Å². The molecule has 0 amide bonds. The lowest BCUT2D eigenvalue weighted by Crippen LogP contribution is -2.36. The fourth-order valence-corrected chi connectivity index (χ4v) is 6.87. The van der Waals surface area contributed by atoms with Gasteiger partial charge in [-0.2, -0.15) is 0 Å². The van der Waals surface area contributed by atoms with Crippen LogP contribution in [0.1, 0.15) is 32.7 Å². The topological polar surface area (TPSA) is 263 Å². The van der Waals surface area contributed by atoms with Crippen molar-refractivity contribution in [2.45, 2.75) is 63.2 Å². The van der Waals surface area contributed by atoms with E-state index < -0.39 is 56.3 Å². The first-order valence-electron chi connectivity index (χ1n) is 13.3. The van der Waals surface area contributed by atoms with Crippen molar-refractivity contribution in [1.29, 1.82) is 0 Å². The number of nitrogens with two attached hydrogens (primary N) is 2. The molecule has 6 heterocycles. The highest BCUT2D eigenvalue weighted by Crippen LogP contribution is 2.49. The Morgan fingerprint density at radius 3 is 2.16 bits per heavy atom. The highest BCUT2D eigenvalue weighted by Gasteiger charge is 2.48. The van der Waals surface area contributed by atoms with Crippen molar-refractivity contribution >= 4 is 77.2 Å². The molecule has 2 aliphatic heterocycles. The number of hydrogen-bond donors (Lipinski definition) is 8. The molecule has 22 heteroatoms. The van der Waals surface area contributed by atoms with E-state index in [0.29, 0.717) is 22.3 Å². The molecule has 8 atom stereocenters. The zero-order valence-electron chi connectivity index (χ0n) is 23.2. The van der Waals surface area contributed by atoms with E-state index in [4.69, 9.17) is 66.2 Å². The molecule has 10 N–H and O–H groups in total. The Hall–Kier alpha value is -2.53. The number of fused-ring (bicyclic) bond motifs is 2. The number of nitrogen functional groups attached to an aromatic ring is 2. The first-order valence-corrected chi connectivity index (χ1v) is 16.7. The molecule has 18 nitrogen and oxygen atoms in total. The molecule has 6 unspecified atom stereocenters. The lowest BCUT2D eigenvalue weighted by Gasteiger charge is -2.26. The minimum Gasteiger partial charge on any atom is -0.394 e. The number of nitrogens with one attached hydrogen (secondary N) is 2. The van der Waals surface area contributed by atoms with Crippen LogP contribution >= 0.6 is 31.2 Å². The van der Waals surface area contributed by atoms with Crippen LogP contribution in [0.3, 0.4) is 0 Å². The Morgan fingerprint density at radius 1 is 1.00 bits per heavy atom. The maximum atomic E-state index is 11.1. The van der Waals surface area contributed by atoms with Crippen LogP contribution in [0.25, 0.3) is 22.3 Å². The quantitative estimate of drug-likeness (QED) is 0.0934. The van der Waals surface area contributed by atoms with E-state index in [0.717, 1.165) is 0 Å². The standard InChI is InChI=1S/C20H25N10O8PS3.C2H6/c21-19-25-14-10(16(40)27-19)23-4-29(14)9-1-6(32)8(36-9)3-35-39(34,42)38-13-7(2-31)37-18(12(13)33)30-5-24-11-15(30)26-20(22)28-17(11)41;1-2/h4-9,12-13,18,31-33H,1-3H2,(H,34,42)(H3,21,25,27,40)(H3,22,26,28,41);1-2H3/t6-,7?,8?,9-,12?,13?,18?,39?;/m1./s1. The SMILES string of the molecule is CC.Nc1nc(=S)c2ncn(C3OC(CO)C(OP(O)(=S)OCC4O[C@@H](n5cnc6c(=S)nc(N)[nH]c65)C[C@H]4O)C3O)c2[nH]1. The summed E-state index contributed by atoms with van der Waals surface area (Å²) in [5.41, 5.74) is 13.1. The number of nitrogens with zero attached hydrogens (tertiary/aromatic N) is 6. The largest absolute Gasteiger partial charge is 0.394 e. The van der Waals surface area contributed by atoms with Gasteiger partial charge in [0.25, 0.3) is 0 Å². The summed E-state index contributed by atoms with van der Waals surface area (Å²) < 4.78 is 26.2. The highest BCUT2D eigenvalue weighted by molar-refractivity contribution is 8.07. The van der Waals surface area contributed by atoms with Gasteiger partial charge in [-0.05, 0) is 11.8 Å². The number of H-pyrrole nitrogens is 2. The van der Waals surface area contributed by atoms with Gasteiger partial charge in [-0.15, -0.1) is 0 Å². The van der Waals surface area contributed by atoms with Crippen LogP contribution in [0.15, 0.2) is 12.7 Å². The Labute approximate surface area is 264 Å². The third kappa shape index (κ3) is 6.28. The van der Waals surface area contributed by atoms with Crippen LogP contribution in [-0.4, -0.2) is 103 Å². The summed E-state index contributed by atoms with van der Waals surface area (Å²) in [6.45, 7) is -0.979. The van der Waals surface area contributed by atoms with Crippen molar-refractivity contribution < 1.29 is 38.7 Å². The van der Waals surface area contributed by atoms with Crippen LogP contribution in [0.5, 0.6) is 0 Å². The normalized spacial score (nSPS) is 28.3. The third-order valence-electron chi connectivity index (χ3n) is 6.86. The molecule has 0 bridgehead atoms. The summed E-state index contributed by atoms with van der Waals surface area (Å²) in [6, 6.07) is 0. The van der Waals surface area contributed by atoms with Gasteiger partial charge >= 0.3 is 6.72 Å². The lowest BCUT2D eigenvalue weighted by atomic mass is 10.1. The first-order chi connectivity index (χ1) is 21.0. The number of aliphatic hydroxyl groups excluding tert-OH is 3. The molecule has 2 aliphatic rings. The smallest absolute Gasteiger partial charge is 0.325 e. The molecule has 4 aromatic heterocycles. The van der Waals surface area contributed by atoms with Gasteiger partial charge in [0.1, 0.15) is 53.0 Å². The van der Waals surface area contributed by atoms with Crippen LogP contribution in [0, 0.1) is 9.28 Å². The van der Waals surface area contributed by atoms with Gasteiger partial charge in [-0.1, -0.05) is 38.3 Å². The second-order valence-corrected chi connectivity index (χ2v) is 13.1. The molecule has 4 aromatic rings. The maximum Gasteiger partial charge on any atom is 0.325 e. The fraction of sp³-hybridized carbons (Fsp3) is 0.545. The Balaban J connectivity index is 0.00000188. The van der Waals surface area contributed by atoms with Crippen molar-refractivity contribution in [1.82, 2.24) is 39.0 Å². The van der Waals surface area contributed by atoms with Crippen molar-refractivity contribution in [2.75, 3.05) is 24.7 Å². The van der Waals surface area contributed by atoms with Gasteiger partial charge < -0.3 is 55.6 Å². The number of aromatic amines is 2. The van der Waals surface area contributed by atoms with E-state index >= 15 is 0 Å². The molecule has 240 valence electrons. The van der Waals surface area contributed by atoms with E-state index in [2.05, 4.69) is 29.9 Å². The molecule has 6 rings (SSSR count). The number of aromatic nitrogens is 8. The number of aliphatic hydroxyl groups is 3. The highest BCUT2D eigenvalue weighted by atomic mass is 32.5. The zero-order valence-corrected chi connectivity index (χ0v) is 26.6. The summed E-state index contributed by atoms with van der Waals surface area (Å²) in [7, 11) is 0. The molecular formula is C22H31N10O8PS3. The van der Waals surface area contributed by atoms with Crippen LogP contribution in [0.4, 0.5) is 11.9 Å². The van der Waals surface area contributed by atoms with Crippen LogP contribution in [0.2, 0.25) is 0 Å². The zero-order chi connectivity index (χ0) is 31.9. The number of anilines is 2. The molecule has 0 aliphatic carbocycles. The number of rotatable bonds is 8. The predicted molar refractivity (Wildman–Crippen MR) is 164 cm³/mol. The monoisotopic (exact) mass is 690 g/mol. The average molecular weight is 691 g/mol. The van der Waals surface area contributed by atoms with E-state index in [1.165, 1.54) is 17.2 Å². The summed E-state index contributed by atoms with van der Waals surface area (Å²) in [5, 5.41) is 31.6. The molecule has 44 heavy (non-hydrogen) atoms. The predicted octanol–water partition coefficient (Wildman–Crippen LogP) is 0.700. The summed E-state index contributed by atoms with van der Waals surface area (Å²) in [6.07, 6.45) is -4.54. The summed E-state index contributed by atoms with van der Waals surface area (Å²) in [5.74, 6) is 0.120. The fourth-order valence-electron chi connectivity index (χ4n) is 4.93. The van der Waals surface area contributed by atoms with Crippen molar-refractivity contribution in [3.05, 3.63) is 21.9 Å². The number of hydrogen-bond acceptors (Lipinski definition) is 16. The average Bonchev–Trinajstić information content (AvgIpc) is 3.74. The summed E-state index contributed by atoms with van der Waals surface area (Å²) in [4.78, 5) is 32.9. The molecule has 0 spiro atoms. The van der Waals surface area contributed by atoms with E-state index in [-0.39, 0.29) is 34.2 Å². The molecule has 2 saturated heterocycles. The minimum absolute atomic E-state index is 0.0247. The van der Waals surface area contributed by atoms with Gasteiger partial charge in [0.05, 0.1) is 32.0 Å². The second kappa shape index (κ2) is 13.1. The second-order valence-electron chi connectivity index (χ2n) is 9.56. The number of imidazole rings is 2. The summed E-state index contributed by atoms with van der Waals surface area (Å²) >= 11 is 15.6. The van der Waals surface area contributed by atoms with Crippen LogP contribution < -0.4 is 11.5 Å². The third-order valence-corrected chi connectivity index (χ3v) is 8.99. The van der Waals surface area contributed by atoms with Crippen molar-refractivity contribution in [3.63, 3.8) is 0 Å². The van der Waals surface area contributed by atoms with Crippen molar-refractivity contribution in [3.8, 4) is 0 Å². The van der Waals surface area contributed by atoms with Crippen molar-refractivity contribution in [2.24, 2.45) is 0 Å². The van der Waals surface area contributed by atoms with Gasteiger partial charge in [0.15, 0.2) is 27.4 Å². The van der Waals surface area contributed by atoms with Gasteiger partial charge in [-0.3, -0.25) is 13.7 Å². The van der Waals surface area contributed by atoms with E-state index in [1.807, 2.05) is 13.8 Å². The van der Waals surface area contributed by atoms with Gasteiger partial charge in [0, 0.05) is 6.42 Å². The maximum absolute atomic E-state index is 11.1. The van der Waals surface area contributed by atoms with E-state index in [1.54, 1.807) is 4.57 Å². The molecule has 2 fully saturated rings. The molecule has 0 radical (unpaired) electrons. The van der Waals surface area contributed by atoms with Gasteiger partial charge in [-0.25, -0.2) is 19.9 Å². The Bertz CT molecular complexity index is 1820. The van der Waals surface area contributed by atoms with Gasteiger partial charge in [0.2, 0.25) is 0 Å². The first kappa shape index (κ1) is 32.9. The van der Waals surface area contributed by atoms with Crippen LogP contribution in [-0.2, 0) is 30.3 Å². The number of ether oxygens (including phenoxy) is 2. The molecule has 0 aromatic carbocycles. The lowest BCUT2D eigenvalue weighted by molar-refractivity contribution is -0.0527. The molecular weight excluding hydrogens is 659 g/mol. The Morgan fingerprint density at radius 2 is 1.57 bits per heavy atom. The Kier molecular flexibility index (Phi) is 9.75. The molecule has 0 saturated carbocycles.